The number of methoxy groups -OCH3 is 1. The fourth-order valence-electron chi connectivity index (χ4n) is 4.22. The molecule has 3 heterocycles. The molecule has 0 aliphatic carbocycles. The van der Waals surface area contributed by atoms with Crippen LogP contribution >= 0.6 is 0 Å². The number of hydrogen-bond acceptors (Lipinski definition) is 6. The molecule has 1 aliphatic rings. The SMILES string of the molecule is COC(=O)c1c(NC(=O)c2ccccc2)c2cc(NC/C=C/C(C)C)cnc2n1CC1CCCO1. The molecule has 2 aromatic heterocycles. The second-order valence-electron chi connectivity index (χ2n) is 8.93. The predicted octanol–water partition coefficient (Wildman–Crippen LogP) is 4.88. The van der Waals surface area contributed by atoms with Crippen LogP contribution in [0.4, 0.5) is 11.4 Å². The van der Waals surface area contributed by atoms with Gasteiger partial charge in [0.25, 0.3) is 5.91 Å². The molecule has 1 saturated heterocycles. The molecule has 1 atom stereocenters. The summed E-state index contributed by atoms with van der Waals surface area (Å²) < 4.78 is 12.8. The molecule has 0 spiro atoms. The minimum absolute atomic E-state index is 0.0348. The summed E-state index contributed by atoms with van der Waals surface area (Å²) in [5.41, 5.74) is 2.50. The average molecular weight is 477 g/mol. The van der Waals surface area contributed by atoms with Crippen molar-refractivity contribution in [2.75, 3.05) is 30.9 Å². The number of rotatable bonds is 9. The molecule has 3 aromatic rings. The summed E-state index contributed by atoms with van der Waals surface area (Å²) in [6.45, 7) is 6.02. The van der Waals surface area contributed by atoms with E-state index in [9.17, 15) is 9.59 Å². The third kappa shape index (κ3) is 5.71. The van der Waals surface area contributed by atoms with Crippen molar-refractivity contribution >= 4 is 34.3 Å². The van der Waals surface area contributed by atoms with Crippen LogP contribution < -0.4 is 10.6 Å². The first kappa shape index (κ1) is 24.5. The Morgan fingerprint density at radius 2 is 2.09 bits per heavy atom. The van der Waals surface area contributed by atoms with Crippen LogP contribution in [0.25, 0.3) is 11.0 Å². The number of esters is 1. The lowest BCUT2D eigenvalue weighted by atomic mass is 10.2. The Hall–Kier alpha value is -3.65. The van der Waals surface area contributed by atoms with Gasteiger partial charge in [0.1, 0.15) is 5.65 Å². The molecule has 2 N–H and O–H groups in total. The molecule has 1 amide bonds. The smallest absolute Gasteiger partial charge is 0.356 e. The zero-order valence-corrected chi connectivity index (χ0v) is 20.4. The maximum Gasteiger partial charge on any atom is 0.356 e. The van der Waals surface area contributed by atoms with Gasteiger partial charge in [0.2, 0.25) is 0 Å². The van der Waals surface area contributed by atoms with Gasteiger partial charge in [0.05, 0.1) is 37.3 Å². The number of allylic oxidation sites excluding steroid dienone is 1. The van der Waals surface area contributed by atoms with E-state index in [4.69, 9.17) is 9.47 Å². The Morgan fingerprint density at radius 1 is 1.29 bits per heavy atom. The maximum absolute atomic E-state index is 13.1. The van der Waals surface area contributed by atoms with Crippen LogP contribution in [0.2, 0.25) is 0 Å². The first-order chi connectivity index (χ1) is 17.0. The van der Waals surface area contributed by atoms with Crippen LogP contribution in [0.3, 0.4) is 0 Å². The van der Waals surface area contributed by atoms with Gasteiger partial charge >= 0.3 is 5.97 Å². The highest BCUT2D eigenvalue weighted by molar-refractivity contribution is 6.14. The van der Waals surface area contributed by atoms with Gasteiger partial charge in [-0.2, -0.15) is 0 Å². The zero-order valence-electron chi connectivity index (χ0n) is 20.4. The summed E-state index contributed by atoms with van der Waals surface area (Å²) in [7, 11) is 1.33. The van der Waals surface area contributed by atoms with E-state index < -0.39 is 5.97 Å². The summed E-state index contributed by atoms with van der Waals surface area (Å²) in [6, 6.07) is 10.8. The van der Waals surface area contributed by atoms with Crippen LogP contribution in [0, 0.1) is 5.92 Å². The molecule has 0 bridgehead atoms. The van der Waals surface area contributed by atoms with E-state index in [0.29, 0.717) is 47.9 Å². The van der Waals surface area contributed by atoms with Crippen molar-refractivity contribution in [2.24, 2.45) is 5.92 Å². The fraction of sp³-hybridized carbons (Fsp3) is 0.370. The summed E-state index contributed by atoms with van der Waals surface area (Å²) in [5, 5.41) is 6.95. The van der Waals surface area contributed by atoms with Crippen molar-refractivity contribution in [3.05, 3.63) is 66.0 Å². The predicted molar refractivity (Wildman–Crippen MR) is 137 cm³/mol. The summed E-state index contributed by atoms with van der Waals surface area (Å²) >= 11 is 0. The molecule has 8 heteroatoms. The van der Waals surface area contributed by atoms with Gasteiger partial charge in [0, 0.05) is 24.1 Å². The van der Waals surface area contributed by atoms with Gasteiger partial charge in [-0.25, -0.2) is 9.78 Å². The van der Waals surface area contributed by atoms with Crippen molar-refractivity contribution < 1.29 is 19.1 Å². The molecule has 1 unspecified atom stereocenters. The highest BCUT2D eigenvalue weighted by atomic mass is 16.5. The molecule has 0 radical (unpaired) electrons. The second-order valence-corrected chi connectivity index (χ2v) is 8.93. The molecular formula is C27H32N4O4. The number of carbonyl (C=O) groups excluding carboxylic acids is 2. The first-order valence-electron chi connectivity index (χ1n) is 12.0. The van der Waals surface area contributed by atoms with Crippen molar-refractivity contribution in [2.45, 2.75) is 39.3 Å². The van der Waals surface area contributed by atoms with E-state index in [1.165, 1.54) is 7.11 Å². The van der Waals surface area contributed by atoms with Gasteiger partial charge in [-0.15, -0.1) is 0 Å². The Labute approximate surface area is 205 Å². The van der Waals surface area contributed by atoms with E-state index in [1.807, 2.05) is 12.1 Å². The normalized spacial score (nSPS) is 15.7. The summed E-state index contributed by atoms with van der Waals surface area (Å²) in [4.78, 5) is 30.8. The van der Waals surface area contributed by atoms with Crippen molar-refractivity contribution in [3.8, 4) is 0 Å². The molecule has 35 heavy (non-hydrogen) atoms. The van der Waals surface area contributed by atoms with E-state index in [-0.39, 0.29) is 17.7 Å². The Bertz CT molecular complexity index is 1210. The summed E-state index contributed by atoms with van der Waals surface area (Å²) in [5.74, 6) is -0.393. The van der Waals surface area contributed by atoms with Crippen LogP contribution in [-0.4, -0.2) is 47.8 Å². The van der Waals surface area contributed by atoms with Crippen molar-refractivity contribution in [1.82, 2.24) is 9.55 Å². The number of aromatic nitrogens is 2. The lowest BCUT2D eigenvalue weighted by Crippen LogP contribution is -2.21. The Balaban J connectivity index is 1.78. The minimum Gasteiger partial charge on any atom is -0.464 e. The monoisotopic (exact) mass is 476 g/mol. The van der Waals surface area contributed by atoms with Gasteiger partial charge in [-0.05, 0) is 37.0 Å². The largest absolute Gasteiger partial charge is 0.464 e. The number of amides is 1. The van der Waals surface area contributed by atoms with Gasteiger partial charge in [-0.3, -0.25) is 4.79 Å². The van der Waals surface area contributed by atoms with E-state index >= 15 is 0 Å². The number of hydrogen-bond donors (Lipinski definition) is 2. The first-order valence-corrected chi connectivity index (χ1v) is 12.0. The molecule has 1 fully saturated rings. The average Bonchev–Trinajstić information content (AvgIpc) is 3.48. The Morgan fingerprint density at radius 3 is 2.77 bits per heavy atom. The number of fused-ring (bicyclic) bond motifs is 1. The third-order valence-electron chi connectivity index (χ3n) is 5.91. The molecule has 0 saturated carbocycles. The number of carbonyl (C=O) groups is 2. The molecule has 184 valence electrons. The fourth-order valence-corrected chi connectivity index (χ4v) is 4.22. The second kappa shape index (κ2) is 11.2. The molecule has 1 aliphatic heterocycles. The topological polar surface area (TPSA) is 94.5 Å². The van der Waals surface area contributed by atoms with E-state index in [2.05, 4.69) is 41.6 Å². The lowest BCUT2D eigenvalue weighted by molar-refractivity contribution is 0.0580. The van der Waals surface area contributed by atoms with Crippen molar-refractivity contribution in [3.63, 3.8) is 0 Å². The number of nitrogens with zero attached hydrogens (tertiary/aromatic N) is 2. The summed E-state index contributed by atoms with van der Waals surface area (Å²) in [6.07, 6.45) is 7.76. The molecule has 1 aromatic carbocycles. The zero-order chi connectivity index (χ0) is 24.8. The number of anilines is 2. The third-order valence-corrected chi connectivity index (χ3v) is 5.91. The standard InChI is InChI=1S/C27H32N4O4/c1-18(2)9-7-13-28-20-15-22-23(30-26(32)19-10-5-4-6-11-19)24(27(33)34-3)31(25(22)29-16-20)17-21-12-8-14-35-21/h4-7,9-11,15-16,18,21,28H,8,12-14,17H2,1-3H3,(H,30,32)/b9-7+. The van der Waals surface area contributed by atoms with Crippen molar-refractivity contribution in [1.29, 1.82) is 0 Å². The van der Waals surface area contributed by atoms with Crippen LogP contribution in [0.15, 0.2) is 54.7 Å². The Kier molecular flexibility index (Phi) is 7.82. The van der Waals surface area contributed by atoms with Crippen LogP contribution in [0.5, 0.6) is 0 Å². The number of nitrogens with one attached hydrogen (secondary N) is 2. The number of benzene rings is 1. The lowest BCUT2D eigenvalue weighted by Gasteiger charge is -2.14. The van der Waals surface area contributed by atoms with Crippen LogP contribution in [0.1, 0.15) is 47.5 Å². The van der Waals surface area contributed by atoms with Crippen LogP contribution in [-0.2, 0) is 16.0 Å². The van der Waals surface area contributed by atoms with Gasteiger partial charge in [-0.1, -0.05) is 44.2 Å². The maximum atomic E-state index is 13.1. The highest BCUT2D eigenvalue weighted by Crippen LogP contribution is 2.34. The van der Waals surface area contributed by atoms with Gasteiger partial charge < -0.3 is 24.7 Å². The number of pyridine rings is 1. The number of ether oxygens (including phenoxy) is 2. The molecule has 8 nitrogen and oxygen atoms in total. The quantitative estimate of drug-likeness (QED) is 0.338. The van der Waals surface area contributed by atoms with E-state index in [1.54, 1.807) is 35.0 Å². The molecular weight excluding hydrogens is 444 g/mol. The minimum atomic E-state index is -0.543. The molecule has 4 rings (SSSR count). The highest BCUT2D eigenvalue weighted by Gasteiger charge is 2.29. The van der Waals surface area contributed by atoms with E-state index in [0.717, 1.165) is 18.5 Å². The van der Waals surface area contributed by atoms with Gasteiger partial charge in [0.15, 0.2) is 5.69 Å².